The second-order valence-electron chi connectivity index (χ2n) is 4.96. The van der Waals surface area contributed by atoms with E-state index in [1.54, 1.807) is 17.1 Å². The molecule has 3 aromatic heterocycles. The van der Waals surface area contributed by atoms with Crippen molar-refractivity contribution in [2.45, 2.75) is 32.9 Å². The average molecular weight is 288 g/mol. The van der Waals surface area contributed by atoms with E-state index in [1.165, 1.54) is 11.3 Å². The zero-order valence-corrected chi connectivity index (χ0v) is 12.3. The lowest BCUT2D eigenvalue weighted by atomic mass is 10.2. The number of nitrogens with zero attached hydrogens (tertiary/aromatic N) is 4. The molecule has 3 rings (SSSR count). The van der Waals surface area contributed by atoms with Crippen LogP contribution in [0.25, 0.3) is 10.2 Å². The maximum atomic E-state index is 12.5. The minimum atomic E-state index is 0.0565. The quantitative estimate of drug-likeness (QED) is 0.741. The first-order chi connectivity index (χ1) is 9.66. The second kappa shape index (κ2) is 5.20. The van der Waals surface area contributed by atoms with Crippen LogP contribution in [0, 0.1) is 6.92 Å². The molecule has 3 aromatic rings. The average Bonchev–Trinajstić information content (AvgIpc) is 3.07. The molecule has 0 aliphatic heterocycles. The Kier molecular flexibility index (Phi) is 3.40. The summed E-state index contributed by atoms with van der Waals surface area (Å²) in [5.74, 6) is 0. The Morgan fingerprint density at radius 2 is 2.30 bits per heavy atom. The van der Waals surface area contributed by atoms with Gasteiger partial charge in [0.15, 0.2) is 0 Å². The fourth-order valence-corrected chi connectivity index (χ4v) is 3.18. The number of rotatable bonds is 4. The number of hydrogen-bond donors (Lipinski definition) is 0. The monoisotopic (exact) mass is 288 g/mol. The maximum absolute atomic E-state index is 12.5. The van der Waals surface area contributed by atoms with Gasteiger partial charge in [0.05, 0.1) is 11.8 Å². The van der Waals surface area contributed by atoms with Gasteiger partial charge in [-0.3, -0.25) is 14.0 Å². The highest BCUT2D eigenvalue weighted by Gasteiger charge is 2.12. The zero-order valence-electron chi connectivity index (χ0n) is 11.5. The van der Waals surface area contributed by atoms with Crippen molar-refractivity contribution in [1.82, 2.24) is 19.3 Å². The summed E-state index contributed by atoms with van der Waals surface area (Å²) in [5.41, 5.74) is 1.95. The Morgan fingerprint density at radius 1 is 1.45 bits per heavy atom. The van der Waals surface area contributed by atoms with E-state index in [9.17, 15) is 4.79 Å². The van der Waals surface area contributed by atoms with Crippen molar-refractivity contribution < 1.29 is 0 Å². The predicted octanol–water partition coefficient (Wildman–Crippen LogP) is 2.61. The Balaban J connectivity index is 1.86. The van der Waals surface area contributed by atoms with Gasteiger partial charge in [-0.1, -0.05) is 0 Å². The van der Waals surface area contributed by atoms with Gasteiger partial charge in [0.2, 0.25) is 0 Å². The van der Waals surface area contributed by atoms with Crippen LogP contribution in [0.15, 0.2) is 35.0 Å². The highest BCUT2D eigenvalue weighted by molar-refractivity contribution is 7.17. The van der Waals surface area contributed by atoms with Crippen LogP contribution in [0.4, 0.5) is 0 Å². The largest absolute Gasteiger partial charge is 0.295 e. The predicted molar refractivity (Wildman–Crippen MR) is 80.2 cm³/mol. The lowest BCUT2D eigenvalue weighted by molar-refractivity contribution is 0.436. The molecule has 3 heterocycles. The standard InChI is InChI=1S/C14H16N4OS/c1-10-8-20-13-12(10)15-9-18(14(13)19)11(2)4-7-17-6-3-5-16-17/h3,5-6,8-9,11H,4,7H2,1-2H3. The third-order valence-corrected chi connectivity index (χ3v) is 4.57. The van der Waals surface area contributed by atoms with Gasteiger partial charge in [0, 0.05) is 25.0 Å². The summed E-state index contributed by atoms with van der Waals surface area (Å²) in [6.07, 6.45) is 6.20. The van der Waals surface area contributed by atoms with Crippen LogP contribution >= 0.6 is 11.3 Å². The van der Waals surface area contributed by atoms with Crippen LogP contribution < -0.4 is 5.56 Å². The van der Waals surface area contributed by atoms with Crippen LogP contribution in [-0.4, -0.2) is 19.3 Å². The third-order valence-electron chi connectivity index (χ3n) is 3.49. The van der Waals surface area contributed by atoms with Crippen molar-refractivity contribution in [3.05, 3.63) is 46.1 Å². The van der Waals surface area contributed by atoms with Crippen LogP contribution in [0.2, 0.25) is 0 Å². The summed E-state index contributed by atoms with van der Waals surface area (Å²) >= 11 is 1.47. The van der Waals surface area contributed by atoms with Gasteiger partial charge in [0.1, 0.15) is 4.70 Å². The molecule has 6 heteroatoms. The molecular formula is C14H16N4OS. The summed E-state index contributed by atoms with van der Waals surface area (Å²) in [6.45, 7) is 4.82. The van der Waals surface area contributed by atoms with Crippen molar-refractivity contribution in [1.29, 1.82) is 0 Å². The molecule has 104 valence electrons. The van der Waals surface area contributed by atoms with Crippen LogP contribution in [0.3, 0.4) is 0 Å². The van der Waals surface area contributed by atoms with E-state index in [1.807, 2.05) is 36.2 Å². The van der Waals surface area contributed by atoms with Gasteiger partial charge in [-0.15, -0.1) is 11.3 Å². The smallest absolute Gasteiger partial charge is 0.271 e. The molecule has 0 bridgehead atoms. The molecule has 0 saturated carbocycles. The molecule has 1 unspecified atom stereocenters. The molecule has 0 amide bonds. The third kappa shape index (κ3) is 2.27. The Hall–Kier alpha value is -1.95. The highest BCUT2D eigenvalue weighted by Crippen LogP contribution is 2.20. The minimum absolute atomic E-state index is 0.0565. The molecule has 0 aliphatic rings. The fourth-order valence-electron chi connectivity index (χ4n) is 2.24. The first kappa shape index (κ1) is 13.1. The summed E-state index contributed by atoms with van der Waals surface area (Å²) < 4.78 is 4.35. The van der Waals surface area contributed by atoms with E-state index < -0.39 is 0 Å². The molecule has 5 nitrogen and oxygen atoms in total. The minimum Gasteiger partial charge on any atom is -0.295 e. The van der Waals surface area contributed by atoms with Crippen molar-refractivity contribution >= 4 is 21.6 Å². The molecule has 0 N–H and O–H groups in total. The number of aryl methyl sites for hydroxylation is 2. The van der Waals surface area contributed by atoms with Crippen LogP contribution in [0.1, 0.15) is 24.9 Å². The van der Waals surface area contributed by atoms with E-state index in [-0.39, 0.29) is 11.6 Å². The number of thiophene rings is 1. The molecule has 0 spiro atoms. The van der Waals surface area contributed by atoms with E-state index >= 15 is 0 Å². The summed E-state index contributed by atoms with van der Waals surface area (Å²) in [4.78, 5) is 16.9. The molecular weight excluding hydrogens is 272 g/mol. The lowest BCUT2D eigenvalue weighted by Crippen LogP contribution is -2.24. The number of aromatic nitrogens is 4. The van der Waals surface area contributed by atoms with Crippen molar-refractivity contribution in [2.75, 3.05) is 0 Å². The van der Waals surface area contributed by atoms with Crippen LogP contribution in [0.5, 0.6) is 0 Å². The first-order valence-corrected chi connectivity index (χ1v) is 7.47. The molecule has 0 fully saturated rings. The molecule has 0 aromatic carbocycles. The SMILES string of the molecule is Cc1csc2c(=O)n(C(C)CCn3cccn3)cnc12. The lowest BCUT2D eigenvalue weighted by Gasteiger charge is -2.14. The molecule has 0 radical (unpaired) electrons. The Labute approximate surface area is 120 Å². The van der Waals surface area contributed by atoms with Gasteiger partial charge >= 0.3 is 0 Å². The van der Waals surface area contributed by atoms with E-state index in [4.69, 9.17) is 0 Å². The van der Waals surface area contributed by atoms with Crippen molar-refractivity contribution in [3.8, 4) is 0 Å². The molecule has 0 aliphatic carbocycles. The van der Waals surface area contributed by atoms with Gasteiger partial charge in [0.25, 0.3) is 5.56 Å². The molecule has 0 saturated heterocycles. The topological polar surface area (TPSA) is 52.7 Å². The van der Waals surface area contributed by atoms with Gasteiger partial charge in [-0.2, -0.15) is 5.10 Å². The first-order valence-electron chi connectivity index (χ1n) is 6.59. The van der Waals surface area contributed by atoms with Gasteiger partial charge in [-0.05, 0) is 37.3 Å². The number of fused-ring (bicyclic) bond motifs is 1. The van der Waals surface area contributed by atoms with Crippen LogP contribution in [-0.2, 0) is 6.54 Å². The van der Waals surface area contributed by atoms with E-state index in [0.29, 0.717) is 0 Å². The van der Waals surface area contributed by atoms with Crippen molar-refractivity contribution in [2.24, 2.45) is 0 Å². The summed E-state index contributed by atoms with van der Waals surface area (Å²) in [5, 5.41) is 6.16. The summed E-state index contributed by atoms with van der Waals surface area (Å²) in [7, 11) is 0. The van der Waals surface area contributed by atoms with Gasteiger partial charge < -0.3 is 0 Å². The second-order valence-corrected chi connectivity index (χ2v) is 5.84. The molecule has 1 atom stereocenters. The fraction of sp³-hybridized carbons (Fsp3) is 0.357. The van der Waals surface area contributed by atoms with E-state index in [0.717, 1.165) is 28.7 Å². The Bertz CT molecular complexity index is 772. The highest BCUT2D eigenvalue weighted by atomic mass is 32.1. The summed E-state index contributed by atoms with van der Waals surface area (Å²) in [6, 6.07) is 2.00. The molecule has 20 heavy (non-hydrogen) atoms. The van der Waals surface area contributed by atoms with Crippen molar-refractivity contribution in [3.63, 3.8) is 0 Å². The van der Waals surface area contributed by atoms with E-state index in [2.05, 4.69) is 10.1 Å². The normalized spacial score (nSPS) is 12.9. The maximum Gasteiger partial charge on any atom is 0.271 e. The Morgan fingerprint density at radius 3 is 3.05 bits per heavy atom. The number of hydrogen-bond acceptors (Lipinski definition) is 4. The zero-order chi connectivity index (χ0) is 14.1. The van der Waals surface area contributed by atoms with Gasteiger partial charge in [-0.25, -0.2) is 4.98 Å².